The fourth-order valence-electron chi connectivity index (χ4n) is 4.92. The molecule has 0 bridgehead atoms. The smallest absolute Gasteiger partial charge is 0.303 e. The van der Waals surface area contributed by atoms with Crippen LogP contribution < -0.4 is 5.32 Å². The second-order valence-electron chi connectivity index (χ2n) is 10.3. The number of nitrogens with zero attached hydrogens (tertiary/aromatic N) is 2. The van der Waals surface area contributed by atoms with Gasteiger partial charge in [0.1, 0.15) is 6.33 Å². The van der Waals surface area contributed by atoms with Crippen molar-refractivity contribution in [3.8, 4) is 11.1 Å². The quantitative estimate of drug-likeness (QED) is 0.152. The molecule has 10 nitrogen and oxygen atoms in total. The summed E-state index contributed by atoms with van der Waals surface area (Å²) in [7, 11) is 0. The topological polar surface area (TPSA) is 147 Å². The number of aliphatic hydroxyl groups excluding tert-OH is 1. The zero-order chi connectivity index (χ0) is 30.0. The molecular formula is C32H34N4O6S. The second-order valence-corrected chi connectivity index (χ2v) is 11.3. The van der Waals surface area contributed by atoms with Crippen LogP contribution in [-0.4, -0.2) is 49.1 Å². The van der Waals surface area contributed by atoms with Crippen molar-refractivity contribution < 1.29 is 29.3 Å². The maximum Gasteiger partial charge on any atom is 0.303 e. The van der Waals surface area contributed by atoms with Crippen molar-refractivity contribution in [1.82, 2.24) is 20.5 Å². The highest BCUT2D eigenvalue weighted by atomic mass is 32.2. The van der Waals surface area contributed by atoms with Crippen LogP contribution in [0.25, 0.3) is 11.1 Å². The fraction of sp³-hybridized carbons (Fsp3) is 0.312. The van der Waals surface area contributed by atoms with Crippen LogP contribution in [0, 0.1) is 0 Å². The number of thioether (sulfide) groups is 1. The first-order valence-corrected chi connectivity index (χ1v) is 15.1. The molecule has 11 heteroatoms. The molecular weight excluding hydrogens is 568 g/mol. The summed E-state index contributed by atoms with van der Waals surface area (Å²) >= 11 is 1.55. The number of aliphatic hydroxyl groups is 1. The van der Waals surface area contributed by atoms with Crippen molar-refractivity contribution in [2.45, 2.75) is 62.5 Å². The number of hydrogen-bond donors (Lipinski definition) is 4. The van der Waals surface area contributed by atoms with E-state index in [0.717, 1.165) is 38.5 Å². The van der Waals surface area contributed by atoms with Crippen LogP contribution in [0.1, 0.15) is 60.3 Å². The first-order valence-electron chi connectivity index (χ1n) is 14.1. The van der Waals surface area contributed by atoms with E-state index in [-0.39, 0.29) is 37.6 Å². The van der Waals surface area contributed by atoms with Crippen LogP contribution in [0.3, 0.4) is 0 Å². The van der Waals surface area contributed by atoms with Gasteiger partial charge in [-0.3, -0.25) is 14.7 Å². The number of carbonyl (C=O) groups is 2. The minimum atomic E-state index is -0.904. The van der Waals surface area contributed by atoms with Gasteiger partial charge in [0.15, 0.2) is 11.4 Å². The van der Waals surface area contributed by atoms with E-state index in [9.17, 15) is 14.7 Å². The van der Waals surface area contributed by atoms with Crippen LogP contribution in [0.15, 0.2) is 84.3 Å². The monoisotopic (exact) mass is 602 g/mol. The molecule has 3 atom stereocenters. The predicted molar refractivity (Wildman–Crippen MR) is 161 cm³/mol. The summed E-state index contributed by atoms with van der Waals surface area (Å²) in [6.07, 6.45) is 1.75. The van der Waals surface area contributed by atoms with Gasteiger partial charge in [0.05, 0.1) is 18.8 Å². The first-order chi connectivity index (χ1) is 21.0. The van der Waals surface area contributed by atoms with Gasteiger partial charge in [-0.1, -0.05) is 84.6 Å². The molecule has 1 amide bonds. The molecule has 5 rings (SSSR count). The summed E-state index contributed by atoms with van der Waals surface area (Å²) in [5.74, 6) is -0.401. The van der Waals surface area contributed by atoms with Crippen LogP contribution >= 0.6 is 11.8 Å². The molecule has 0 aliphatic carbocycles. The number of benzene rings is 3. The number of carbonyl (C=O) groups excluding carboxylic acids is 1. The van der Waals surface area contributed by atoms with E-state index < -0.39 is 12.3 Å². The van der Waals surface area contributed by atoms with Gasteiger partial charge in [0.2, 0.25) is 5.91 Å². The van der Waals surface area contributed by atoms with E-state index >= 15 is 0 Å². The number of carboxylic acid groups (broad SMARTS) is 1. The van der Waals surface area contributed by atoms with Gasteiger partial charge in [-0.05, 0) is 34.2 Å². The number of carboxylic acids is 1. The molecule has 4 aromatic rings. The third-order valence-corrected chi connectivity index (χ3v) is 8.20. The van der Waals surface area contributed by atoms with Gasteiger partial charge < -0.3 is 25.0 Å². The van der Waals surface area contributed by atoms with Gasteiger partial charge in [0.25, 0.3) is 0 Å². The SMILES string of the molecule is O=C(O)CCCC(=O)NCc1ccccc1-c1ccc(C2OC(CSc3ncn[nH]3)CC(c3ccc(CO)cc3)O2)cc1. The minimum absolute atomic E-state index is 0.0113. The molecule has 1 aliphatic rings. The highest BCUT2D eigenvalue weighted by Gasteiger charge is 2.32. The molecule has 0 radical (unpaired) electrons. The summed E-state index contributed by atoms with van der Waals surface area (Å²) in [5, 5.41) is 28.7. The third kappa shape index (κ3) is 8.51. The van der Waals surface area contributed by atoms with Crippen molar-refractivity contribution in [3.05, 3.63) is 101 Å². The number of aromatic nitrogens is 3. The van der Waals surface area contributed by atoms with Crippen molar-refractivity contribution >= 4 is 23.6 Å². The molecule has 1 aliphatic heterocycles. The van der Waals surface area contributed by atoms with E-state index in [1.807, 2.05) is 72.8 Å². The summed E-state index contributed by atoms with van der Waals surface area (Å²) in [6.45, 7) is 0.336. The molecule has 0 saturated carbocycles. The lowest BCUT2D eigenvalue weighted by Gasteiger charge is -2.36. The maximum absolute atomic E-state index is 12.2. The summed E-state index contributed by atoms with van der Waals surface area (Å²) in [6, 6.07) is 23.7. The maximum atomic E-state index is 12.2. The number of hydrogen-bond acceptors (Lipinski definition) is 8. The lowest BCUT2D eigenvalue weighted by Crippen LogP contribution is -2.31. The standard InChI is InChI=1S/C32H34N4O6S/c37-18-21-8-10-23(11-9-21)28-16-26(19-43-32-34-20-35-36-32)41-31(42-28)24-14-12-22(13-15-24)27-5-2-1-4-25(27)17-33-29(38)6-3-7-30(39)40/h1-2,4-5,8-15,20,26,28,31,37H,3,6-7,16-19H2,(H,33,38)(H,39,40)(H,34,35,36). The Morgan fingerprint density at radius 3 is 2.47 bits per heavy atom. The first kappa shape index (κ1) is 30.4. The van der Waals surface area contributed by atoms with Gasteiger partial charge in [0, 0.05) is 37.1 Å². The summed E-state index contributed by atoms with van der Waals surface area (Å²) < 4.78 is 12.9. The third-order valence-electron chi connectivity index (χ3n) is 7.20. The Bertz CT molecular complexity index is 1480. The fourth-order valence-corrected chi connectivity index (χ4v) is 5.71. The number of aromatic amines is 1. The Morgan fingerprint density at radius 2 is 1.74 bits per heavy atom. The summed E-state index contributed by atoms with van der Waals surface area (Å²) in [5.41, 5.74) is 5.70. The molecule has 0 spiro atoms. The van der Waals surface area contributed by atoms with Crippen LogP contribution in [-0.2, 0) is 32.2 Å². The molecule has 1 fully saturated rings. The Morgan fingerprint density at radius 1 is 0.977 bits per heavy atom. The Kier molecular flexibility index (Phi) is 10.6. The molecule has 1 aromatic heterocycles. The number of H-pyrrole nitrogens is 1. The molecule has 224 valence electrons. The molecule has 1 saturated heterocycles. The zero-order valence-corrected chi connectivity index (χ0v) is 24.3. The Labute approximate surface area is 253 Å². The molecule has 3 unspecified atom stereocenters. The zero-order valence-electron chi connectivity index (χ0n) is 23.5. The highest BCUT2D eigenvalue weighted by molar-refractivity contribution is 7.99. The van der Waals surface area contributed by atoms with Crippen molar-refractivity contribution in [3.63, 3.8) is 0 Å². The van der Waals surface area contributed by atoms with E-state index in [0.29, 0.717) is 25.1 Å². The normalized spacial score (nSPS) is 18.3. The number of amides is 1. The van der Waals surface area contributed by atoms with E-state index in [1.165, 1.54) is 6.33 Å². The average molecular weight is 603 g/mol. The second kappa shape index (κ2) is 14.9. The highest BCUT2D eigenvalue weighted by Crippen LogP contribution is 2.39. The average Bonchev–Trinajstić information content (AvgIpc) is 3.57. The lowest BCUT2D eigenvalue weighted by molar-refractivity contribution is -0.245. The largest absolute Gasteiger partial charge is 0.481 e. The summed E-state index contributed by atoms with van der Waals surface area (Å²) in [4.78, 5) is 27.1. The predicted octanol–water partition coefficient (Wildman–Crippen LogP) is 5.17. The van der Waals surface area contributed by atoms with Crippen LogP contribution in [0.4, 0.5) is 0 Å². The number of ether oxygens (including phenoxy) is 2. The van der Waals surface area contributed by atoms with Crippen LogP contribution in [0.2, 0.25) is 0 Å². The van der Waals surface area contributed by atoms with Crippen molar-refractivity contribution in [2.24, 2.45) is 0 Å². The van der Waals surface area contributed by atoms with Gasteiger partial charge in [-0.2, -0.15) is 5.10 Å². The van der Waals surface area contributed by atoms with Gasteiger partial charge in [-0.25, -0.2) is 4.98 Å². The van der Waals surface area contributed by atoms with Gasteiger partial charge >= 0.3 is 5.97 Å². The number of rotatable bonds is 13. The molecule has 43 heavy (non-hydrogen) atoms. The van der Waals surface area contributed by atoms with E-state index in [1.54, 1.807) is 11.8 Å². The lowest BCUT2D eigenvalue weighted by atomic mass is 9.97. The Balaban J connectivity index is 1.29. The van der Waals surface area contributed by atoms with Crippen LogP contribution in [0.5, 0.6) is 0 Å². The van der Waals surface area contributed by atoms with Crippen molar-refractivity contribution in [1.29, 1.82) is 0 Å². The molecule has 2 heterocycles. The van der Waals surface area contributed by atoms with Gasteiger partial charge in [-0.15, -0.1) is 0 Å². The minimum Gasteiger partial charge on any atom is -0.481 e. The van der Waals surface area contributed by atoms with E-state index in [4.69, 9.17) is 14.6 Å². The number of aliphatic carboxylic acids is 1. The van der Waals surface area contributed by atoms with E-state index in [2.05, 4.69) is 20.5 Å². The van der Waals surface area contributed by atoms with Crippen molar-refractivity contribution in [2.75, 3.05) is 5.75 Å². The molecule has 3 aromatic carbocycles. The molecule has 4 N–H and O–H groups in total. The number of nitrogens with one attached hydrogen (secondary N) is 2. The Hall–Kier alpha value is -4.03.